The molecule has 0 atom stereocenters. The number of hydrogen-bond acceptors (Lipinski definition) is 8. The summed E-state index contributed by atoms with van der Waals surface area (Å²) in [7, 11) is 3.66. The second kappa shape index (κ2) is 6.25. The van der Waals surface area contributed by atoms with Crippen LogP contribution in [0.2, 0.25) is 0 Å². The number of rotatable bonds is 4. The van der Waals surface area contributed by atoms with Gasteiger partial charge in [0.15, 0.2) is 5.16 Å². The van der Waals surface area contributed by atoms with Gasteiger partial charge in [0.1, 0.15) is 6.33 Å². The highest BCUT2D eigenvalue weighted by Gasteiger charge is 2.17. The zero-order chi connectivity index (χ0) is 14.7. The molecule has 2 aromatic heterocycles. The van der Waals surface area contributed by atoms with Gasteiger partial charge in [0.2, 0.25) is 17.1 Å². The molecule has 8 nitrogen and oxygen atoms in total. The molecule has 0 amide bonds. The Morgan fingerprint density at radius 3 is 2.62 bits per heavy atom. The van der Waals surface area contributed by atoms with Gasteiger partial charge in [0.25, 0.3) is 0 Å². The Hall–Kier alpha value is -1.90. The molecule has 1 fully saturated rings. The minimum atomic E-state index is 0.579. The molecule has 1 aliphatic rings. The molecule has 0 aromatic carbocycles. The first kappa shape index (κ1) is 14.1. The van der Waals surface area contributed by atoms with Crippen LogP contribution in [-0.4, -0.2) is 49.9 Å². The van der Waals surface area contributed by atoms with Crippen LogP contribution in [0.25, 0.3) is 0 Å². The van der Waals surface area contributed by atoms with Gasteiger partial charge in [0, 0.05) is 27.2 Å². The predicted molar refractivity (Wildman–Crippen MR) is 80.6 cm³/mol. The summed E-state index contributed by atoms with van der Waals surface area (Å²) >= 11 is 1.39. The first-order valence-corrected chi connectivity index (χ1v) is 7.78. The Kier molecular flexibility index (Phi) is 4.18. The molecule has 0 bridgehead atoms. The Bertz CT molecular complexity index is 607. The normalized spacial score (nSPS) is 15.2. The van der Waals surface area contributed by atoms with Gasteiger partial charge >= 0.3 is 0 Å². The van der Waals surface area contributed by atoms with E-state index in [9.17, 15) is 0 Å². The average molecular weight is 306 g/mol. The van der Waals surface area contributed by atoms with Gasteiger partial charge in [-0.15, -0.1) is 0 Å². The summed E-state index contributed by atoms with van der Waals surface area (Å²) in [6.07, 6.45) is 5.17. The molecule has 21 heavy (non-hydrogen) atoms. The van der Waals surface area contributed by atoms with Crippen LogP contribution in [0, 0.1) is 0 Å². The highest BCUT2D eigenvalue weighted by atomic mass is 32.2. The van der Waals surface area contributed by atoms with Crippen LogP contribution in [0.1, 0.15) is 19.3 Å². The molecule has 3 rings (SSSR count). The van der Waals surface area contributed by atoms with E-state index in [0.717, 1.165) is 24.2 Å². The third kappa shape index (κ3) is 3.23. The minimum absolute atomic E-state index is 0.579. The molecule has 1 N–H and O–H groups in total. The number of nitrogens with zero attached hydrogens (tertiary/aromatic N) is 7. The molecule has 0 radical (unpaired) electrons. The Labute approximate surface area is 127 Å². The second-order valence-electron chi connectivity index (χ2n) is 4.81. The van der Waals surface area contributed by atoms with E-state index in [4.69, 9.17) is 0 Å². The van der Waals surface area contributed by atoms with Crippen molar-refractivity contribution < 1.29 is 0 Å². The number of hydrogen-bond donors (Lipinski definition) is 1. The van der Waals surface area contributed by atoms with Crippen LogP contribution >= 0.6 is 11.8 Å². The van der Waals surface area contributed by atoms with Crippen molar-refractivity contribution in [2.75, 3.05) is 30.4 Å². The minimum Gasteiger partial charge on any atom is -0.357 e. The van der Waals surface area contributed by atoms with Crippen molar-refractivity contribution in [2.45, 2.75) is 29.6 Å². The van der Waals surface area contributed by atoms with E-state index in [2.05, 4.69) is 35.3 Å². The number of piperidine rings is 1. The maximum absolute atomic E-state index is 4.57. The quantitative estimate of drug-likeness (QED) is 0.901. The fourth-order valence-corrected chi connectivity index (χ4v) is 2.90. The first-order chi connectivity index (χ1) is 10.3. The Morgan fingerprint density at radius 2 is 1.95 bits per heavy atom. The topological polar surface area (TPSA) is 84.7 Å². The maximum atomic E-state index is 4.57. The third-order valence-corrected chi connectivity index (χ3v) is 4.24. The fourth-order valence-electron chi connectivity index (χ4n) is 2.20. The highest BCUT2D eigenvalue weighted by Crippen LogP contribution is 2.25. The van der Waals surface area contributed by atoms with Gasteiger partial charge in [-0.3, -0.25) is 0 Å². The molecule has 112 valence electrons. The summed E-state index contributed by atoms with van der Waals surface area (Å²) in [6.45, 7) is 2.00. The number of aryl methyl sites for hydroxylation is 1. The van der Waals surface area contributed by atoms with Crippen LogP contribution in [0.4, 0.5) is 11.9 Å². The van der Waals surface area contributed by atoms with E-state index >= 15 is 0 Å². The van der Waals surface area contributed by atoms with Gasteiger partial charge in [-0.05, 0) is 31.0 Å². The molecule has 2 aromatic rings. The lowest BCUT2D eigenvalue weighted by atomic mass is 10.1. The van der Waals surface area contributed by atoms with Crippen LogP contribution in [0.5, 0.6) is 0 Å². The Balaban J connectivity index is 1.87. The molecule has 9 heteroatoms. The maximum Gasteiger partial charge on any atom is 0.231 e. The molecule has 0 saturated carbocycles. The zero-order valence-electron chi connectivity index (χ0n) is 12.2. The summed E-state index contributed by atoms with van der Waals surface area (Å²) in [5, 5.41) is 8.44. The first-order valence-electron chi connectivity index (χ1n) is 6.97. The van der Waals surface area contributed by atoms with Crippen molar-refractivity contribution >= 4 is 23.7 Å². The van der Waals surface area contributed by atoms with Crippen LogP contribution in [0.3, 0.4) is 0 Å². The summed E-state index contributed by atoms with van der Waals surface area (Å²) in [4.78, 5) is 19.8. The van der Waals surface area contributed by atoms with E-state index in [1.54, 1.807) is 4.68 Å². The van der Waals surface area contributed by atoms with Crippen molar-refractivity contribution in [1.82, 2.24) is 29.7 Å². The molecular weight excluding hydrogens is 288 g/mol. The standard InChI is InChI=1S/C12H18N8S/c1-13-9-16-10(20-6-4-3-5-7-20)18-11(17-9)21-12-14-8-15-19(12)2/h8H,3-7H2,1-2H3,(H,13,16,17,18). The van der Waals surface area contributed by atoms with Crippen molar-refractivity contribution in [2.24, 2.45) is 7.05 Å². The average Bonchev–Trinajstić information content (AvgIpc) is 2.93. The van der Waals surface area contributed by atoms with Crippen molar-refractivity contribution in [3.05, 3.63) is 6.33 Å². The smallest absolute Gasteiger partial charge is 0.231 e. The molecular formula is C12H18N8S. The third-order valence-electron chi connectivity index (χ3n) is 3.32. The van der Waals surface area contributed by atoms with E-state index in [-0.39, 0.29) is 0 Å². The van der Waals surface area contributed by atoms with Crippen molar-refractivity contribution in [3.8, 4) is 0 Å². The number of aromatic nitrogens is 6. The van der Waals surface area contributed by atoms with E-state index in [1.165, 1.54) is 37.4 Å². The van der Waals surface area contributed by atoms with Crippen molar-refractivity contribution in [1.29, 1.82) is 0 Å². The molecule has 1 saturated heterocycles. The largest absolute Gasteiger partial charge is 0.357 e. The van der Waals surface area contributed by atoms with Gasteiger partial charge < -0.3 is 10.2 Å². The second-order valence-corrected chi connectivity index (χ2v) is 5.74. The SMILES string of the molecule is CNc1nc(Sc2ncnn2C)nc(N2CCCCC2)n1. The molecule has 0 spiro atoms. The highest BCUT2D eigenvalue weighted by molar-refractivity contribution is 7.99. The lowest BCUT2D eigenvalue weighted by molar-refractivity contribution is 0.565. The summed E-state index contributed by atoms with van der Waals surface area (Å²) in [5.41, 5.74) is 0. The molecule has 0 unspecified atom stereocenters. The van der Waals surface area contributed by atoms with E-state index in [0.29, 0.717) is 11.1 Å². The molecule has 0 aliphatic carbocycles. The summed E-state index contributed by atoms with van der Waals surface area (Å²) < 4.78 is 1.70. The number of anilines is 2. The van der Waals surface area contributed by atoms with Gasteiger partial charge in [-0.1, -0.05) is 0 Å². The molecule has 3 heterocycles. The summed E-state index contributed by atoms with van der Waals surface area (Å²) in [6, 6.07) is 0. The lowest BCUT2D eigenvalue weighted by Gasteiger charge is -2.26. The van der Waals surface area contributed by atoms with Crippen LogP contribution < -0.4 is 10.2 Å². The van der Waals surface area contributed by atoms with E-state index < -0.39 is 0 Å². The fraction of sp³-hybridized carbons (Fsp3) is 0.583. The zero-order valence-corrected chi connectivity index (χ0v) is 13.0. The monoisotopic (exact) mass is 306 g/mol. The Morgan fingerprint density at radius 1 is 1.14 bits per heavy atom. The molecule has 1 aliphatic heterocycles. The lowest BCUT2D eigenvalue weighted by Crippen LogP contribution is -2.31. The van der Waals surface area contributed by atoms with Gasteiger partial charge in [-0.2, -0.15) is 20.1 Å². The summed E-state index contributed by atoms with van der Waals surface area (Å²) in [5.74, 6) is 1.31. The van der Waals surface area contributed by atoms with Gasteiger partial charge in [-0.25, -0.2) is 9.67 Å². The van der Waals surface area contributed by atoms with Crippen molar-refractivity contribution in [3.63, 3.8) is 0 Å². The van der Waals surface area contributed by atoms with Crippen LogP contribution in [-0.2, 0) is 7.05 Å². The predicted octanol–water partition coefficient (Wildman–Crippen LogP) is 1.18. The number of nitrogens with one attached hydrogen (secondary N) is 1. The van der Waals surface area contributed by atoms with Crippen LogP contribution in [0.15, 0.2) is 16.6 Å². The van der Waals surface area contributed by atoms with E-state index in [1.807, 2.05) is 14.1 Å². The van der Waals surface area contributed by atoms with Gasteiger partial charge in [0.05, 0.1) is 0 Å².